The molecular weight excluding hydrogens is 262 g/mol. The Hall–Kier alpha value is -2.43. The predicted molar refractivity (Wildman–Crippen MR) is 73.1 cm³/mol. The van der Waals surface area contributed by atoms with Gasteiger partial charge in [0.15, 0.2) is 0 Å². The molecule has 0 saturated heterocycles. The van der Waals surface area contributed by atoms with E-state index in [9.17, 15) is 13.6 Å². The van der Waals surface area contributed by atoms with Crippen molar-refractivity contribution in [3.05, 3.63) is 65.2 Å². The van der Waals surface area contributed by atoms with Crippen molar-refractivity contribution in [3.63, 3.8) is 0 Å². The summed E-state index contributed by atoms with van der Waals surface area (Å²) in [5.41, 5.74) is 6.66. The summed E-state index contributed by atoms with van der Waals surface area (Å²) in [6.07, 6.45) is 0. The number of nitrogen functional groups attached to an aromatic ring is 1. The van der Waals surface area contributed by atoms with Crippen LogP contribution in [0.5, 0.6) is 0 Å². The number of benzene rings is 2. The lowest BCUT2D eigenvalue weighted by Crippen LogP contribution is -2.27. The van der Waals surface area contributed by atoms with Crippen LogP contribution >= 0.6 is 0 Å². The number of hydrogen-bond acceptors (Lipinski definition) is 2. The molecule has 0 aliphatic carbocycles. The molecule has 0 aliphatic heterocycles. The smallest absolute Gasteiger partial charge is 0.253 e. The van der Waals surface area contributed by atoms with Crippen LogP contribution in [0.25, 0.3) is 0 Å². The van der Waals surface area contributed by atoms with Crippen molar-refractivity contribution in [3.8, 4) is 0 Å². The fraction of sp³-hybridized carbons (Fsp3) is 0.133. The van der Waals surface area contributed by atoms with Crippen molar-refractivity contribution in [2.45, 2.75) is 13.0 Å². The first kappa shape index (κ1) is 14.0. The predicted octanol–water partition coefficient (Wildman–Crippen LogP) is 3.04. The van der Waals surface area contributed by atoms with Crippen LogP contribution in [0.2, 0.25) is 0 Å². The molecule has 1 amide bonds. The fourth-order valence-electron chi connectivity index (χ4n) is 1.85. The molecule has 0 spiro atoms. The minimum absolute atomic E-state index is 0.0776. The molecule has 0 aromatic heterocycles. The van der Waals surface area contributed by atoms with Gasteiger partial charge in [-0.2, -0.15) is 0 Å². The van der Waals surface area contributed by atoms with Crippen molar-refractivity contribution in [2.24, 2.45) is 0 Å². The highest BCUT2D eigenvalue weighted by Crippen LogP contribution is 2.17. The number of amides is 1. The van der Waals surface area contributed by atoms with Crippen LogP contribution in [0.1, 0.15) is 28.9 Å². The van der Waals surface area contributed by atoms with Crippen molar-refractivity contribution < 1.29 is 13.6 Å². The highest BCUT2D eigenvalue weighted by Gasteiger charge is 2.14. The number of nitrogens with two attached hydrogens (primary N) is 1. The molecule has 3 N–H and O–H groups in total. The zero-order chi connectivity index (χ0) is 14.7. The largest absolute Gasteiger partial charge is 0.398 e. The van der Waals surface area contributed by atoms with E-state index in [1.54, 1.807) is 19.1 Å². The molecule has 0 bridgehead atoms. The first-order chi connectivity index (χ1) is 9.47. The average molecular weight is 276 g/mol. The van der Waals surface area contributed by atoms with Gasteiger partial charge in [0.1, 0.15) is 11.6 Å². The maximum atomic E-state index is 12.9. The quantitative estimate of drug-likeness (QED) is 0.847. The molecule has 2 aromatic carbocycles. The van der Waals surface area contributed by atoms with Gasteiger partial charge in [-0.15, -0.1) is 0 Å². The van der Waals surface area contributed by atoms with E-state index in [4.69, 9.17) is 5.73 Å². The molecule has 0 saturated carbocycles. The Morgan fingerprint density at radius 2 is 1.70 bits per heavy atom. The van der Waals surface area contributed by atoms with Crippen LogP contribution in [0.3, 0.4) is 0 Å². The molecule has 2 aromatic rings. The molecule has 3 nitrogen and oxygen atoms in total. The van der Waals surface area contributed by atoms with E-state index in [1.165, 1.54) is 24.3 Å². The monoisotopic (exact) mass is 276 g/mol. The second-order valence-electron chi connectivity index (χ2n) is 4.48. The normalized spacial score (nSPS) is 11.9. The van der Waals surface area contributed by atoms with E-state index < -0.39 is 11.7 Å². The highest BCUT2D eigenvalue weighted by atomic mass is 19.1. The second kappa shape index (κ2) is 5.69. The van der Waals surface area contributed by atoms with Gasteiger partial charge in [-0.1, -0.05) is 12.1 Å². The molecule has 2 rings (SSSR count). The van der Waals surface area contributed by atoms with E-state index in [2.05, 4.69) is 5.32 Å². The third-order valence-electron chi connectivity index (χ3n) is 2.98. The summed E-state index contributed by atoms with van der Waals surface area (Å²) in [7, 11) is 0. The fourth-order valence-corrected chi connectivity index (χ4v) is 1.85. The lowest BCUT2D eigenvalue weighted by atomic mass is 10.1. The summed E-state index contributed by atoms with van der Waals surface area (Å²) >= 11 is 0. The topological polar surface area (TPSA) is 55.1 Å². The van der Waals surface area contributed by atoms with Gasteiger partial charge in [-0.05, 0) is 42.8 Å². The maximum absolute atomic E-state index is 12.9. The number of carbonyl (C=O) groups is 1. The Morgan fingerprint density at radius 3 is 2.30 bits per heavy atom. The summed E-state index contributed by atoms with van der Waals surface area (Å²) in [5.74, 6) is -1.24. The number of carbonyl (C=O) groups excluding carboxylic acids is 1. The number of hydrogen-bond donors (Lipinski definition) is 2. The van der Waals surface area contributed by atoms with Crippen LogP contribution < -0.4 is 11.1 Å². The van der Waals surface area contributed by atoms with Gasteiger partial charge >= 0.3 is 0 Å². The summed E-state index contributed by atoms with van der Waals surface area (Å²) < 4.78 is 25.8. The van der Waals surface area contributed by atoms with E-state index in [0.717, 1.165) is 11.6 Å². The number of halogens is 2. The molecule has 1 atom stereocenters. The zero-order valence-corrected chi connectivity index (χ0v) is 10.9. The van der Waals surface area contributed by atoms with Gasteiger partial charge in [0, 0.05) is 5.69 Å². The molecule has 104 valence electrons. The van der Waals surface area contributed by atoms with E-state index in [1.807, 2.05) is 0 Å². The average Bonchev–Trinajstić information content (AvgIpc) is 2.39. The second-order valence-corrected chi connectivity index (χ2v) is 4.48. The lowest BCUT2D eigenvalue weighted by Gasteiger charge is -2.15. The molecule has 0 unspecified atom stereocenters. The Balaban J connectivity index is 2.13. The number of rotatable bonds is 3. The van der Waals surface area contributed by atoms with Crippen molar-refractivity contribution >= 4 is 11.6 Å². The van der Waals surface area contributed by atoms with Crippen molar-refractivity contribution in [1.82, 2.24) is 5.32 Å². The Bertz CT molecular complexity index is 626. The molecule has 0 heterocycles. The summed E-state index contributed by atoms with van der Waals surface area (Å²) in [4.78, 5) is 12.0. The standard InChI is InChI=1S/C15H14F2N2O/c1-9(10-2-4-11(16)5-3-10)19-15(20)13-7-6-12(17)8-14(13)18/h2-9H,18H2,1H3,(H,19,20)/t9-/m0/s1. The Kier molecular flexibility index (Phi) is 3.98. The van der Waals surface area contributed by atoms with E-state index in [-0.39, 0.29) is 23.1 Å². The molecule has 20 heavy (non-hydrogen) atoms. The molecule has 0 aliphatic rings. The minimum Gasteiger partial charge on any atom is -0.398 e. The lowest BCUT2D eigenvalue weighted by molar-refractivity contribution is 0.0941. The number of anilines is 1. The van der Waals surface area contributed by atoms with Crippen LogP contribution in [-0.2, 0) is 0 Å². The zero-order valence-electron chi connectivity index (χ0n) is 10.9. The summed E-state index contributed by atoms with van der Waals surface area (Å²) in [6.45, 7) is 1.77. The van der Waals surface area contributed by atoms with Crippen LogP contribution in [0.4, 0.5) is 14.5 Å². The summed E-state index contributed by atoms with van der Waals surface area (Å²) in [5, 5.41) is 2.73. The SMILES string of the molecule is C[C@H](NC(=O)c1ccc(F)cc1N)c1ccc(F)cc1. The van der Waals surface area contributed by atoms with E-state index in [0.29, 0.717) is 0 Å². The van der Waals surface area contributed by atoms with Crippen LogP contribution in [-0.4, -0.2) is 5.91 Å². The van der Waals surface area contributed by atoms with Gasteiger partial charge in [-0.3, -0.25) is 4.79 Å². The van der Waals surface area contributed by atoms with Gasteiger partial charge in [0.25, 0.3) is 5.91 Å². The number of nitrogens with one attached hydrogen (secondary N) is 1. The van der Waals surface area contributed by atoms with Crippen molar-refractivity contribution in [2.75, 3.05) is 5.73 Å². The van der Waals surface area contributed by atoms with Gasteiger partial charge in [-0.25, -0.2) is 8.78 Å². The van der Waals surface area contributed by atoms with Crippen LogP contribution in [0, 0.1) is 11.6 Å². The molecular formula is C15H14F2N2O. The third kappa shape index (κ3) is 3.12. The minimum atomic E-state index is -0.495. The third-order valence-corrected chi connectivity index (χ3v) is 2.98. The summed E-state index contributed by atoms with van der Waals surface area (Å²) in [6, 6.07) is 9.12. The highest BCUT2D eigenvalue weighted by molar-refractivity contribution is 5.99. The van der Waals surface area contributed by atoms with Crippen LogP contribution in [0.15, 0.2) is 42.5 Å². The van der Waals surface area contributed by atoms with Crippen molar-refractivity contribution in [1.29, 1.82) is 0 Å². The molecule has 5 heteroatoms. The van der Waals surface area contributed by atoms with Gasteiger partial charge < -0.3 is 11.1 Å². The van der Waals surface area contributed by atoms with Gasteiger partial charge in [0.05, 0.1) is 11.6 Å². The Morgan fingerprint density at radius 1 is 1.10 bits per heavy atom. The Labute approximate surface area is 115 Å². The maximum Gasteiger partial charge on any atom is 0.253 e. The van der Waals surface area contributed by atoms with Gasteiger partial charge in [0.2, 0.25) is 0 Å². The molecule has 0 fully saturated rings. The molecule has 0 radical (unpaired) electrons. The first-order valence-corrected chi connectivity index (χ1v) is 6.08. The first-order valence-electron chi connectivity index (χ1n) is 6.08. The van der Waals surface area contributed by atoms with E-state index >= 15 is 0 Å².